The Hall–Kier alpha value is -2.87. The van der Waals surface area contributed by atoms with E-state index in [1.807, 2.05) is 78.9 Å². The minimum absolute atomic E-state index is 0.117. The molecule has 3 aromatic carbocycles. The van der Waals surface area contributed by atoms with Gasteiger partial charge in [-0.1, -0.05) is 91.0 Å². The molecule has 0 spiro atoms. The zero-order valence-corrected chi connectivity index (χ0v) is 13.4. The van der Waals surface area contributed by atoms with E-state index in [4.69, 9.17) is 0 Å². The first kappa shape index (κ1) is 16.0. The van der Waals surface area contributed by atoms with Crippen molar-refractivity contribution in [2.24, 2.45) is 0 Å². The maximum Gasteiger partial charge on any atom is 0.311 e. The van der Waals surface area contributed by atoms with Crippen LogP contribution in [0, 0.1) is 0 Å². The van der Waals surface area contributed by atoms with Crippen molar-refractivity contribution in [2.75, 3.05) is 0 Å². The lowest BCUT2D eigenvalue weighted by molar-refractivity contribution is -0.139. The first-order valence-corrected chi connectivity index (χ1v) is 8.12. The van der Waals surface area contributed by atoms with Crippen LogP contribution in [0.5, 0.6) is 0 Å². The van der Waals surface area contributed by atoms with Gasteiger partial charge in [0.25, 0.3) is 0 Å². The summed E-state index contributed by atoms with van der Waals surface area (Å²) >= 11 is 0. The molecule has 0 bridgehead atoms. The van der Waals surface area contributed by atoms with Crippen molar-refractivity contribution < 1.29 is 9.90 Å². The maximum absolute atomic E-state index is 12.1. The normalized spacial score (nSPS) is 13.2. The van der Waals surface area contributed by atoms with E-state index in [9.17, 15) is 9.90 Å². The lowest BCUT2D eigenvalue weighted by Crippen LogP contribution is -2.22. The van der Waals surface area contributed by atoms with Crippen LogP contribution in [0.25, 0.3) is 0 Å². The summed E-state index contributed by atoms with van der Waals surface area (Å²) in [4.78, 5) is 12.1. The van der Waals surface area contributed by atoms with Crippen LogP contribution in [0.1, 0.15) is 28.5 Å². The Morgan fingerprint density at radius 1 is 0.708 bits per heavy atom. The number of hydrogen-bond donors (Lipinski definition) is 1. The van der Waals surface area contributed by atoms with Crippen molar-refractivity contribution in [3.63, 3.8) is 0 Å². The monoisotopic (exact) mass is 316 g/mol. The highest BCUT2D eigenvalue weighted by atomic mass is 16.4. The van der Waals surface area contributed by atoms with Gasteiger partial charge in [0.2, 0.25) is 0 Å². The fraction of sp³-hybridized carbons (Fsp3) is 0.136. The van der Waals surface area contributed by atoms with Gasteiger partial charge >= 0.3 is 5.97 Å². The molecule has 2 atom stereocenters. The molecule has 0 aliphatic carbocycles. The molecule has 0 saturated carbocycles. The van der Waals surface area contributed by atoms with Crippen molar-refractivity contribution in [3.05, 3.63) is 108 Å². The predicted molar refractivity (Wildman–Crippen MR) is 96.1 cm³/mol. The lowest BCUT2D eigenvalue weighted by atomic mass is 9.78. The Balaban J connectivity index is 2.03. The number of rotatable bonds is 6. The number of aliphatic carboxylic acids is 1. The minimum Gasteiger partial charge on any atom is -0.481 e. The summed E-state index contributed by atoms with van der Waals surface area (Å²) in [7, 11) is 0. The van der Waals surface area contributed by atoms with Gasteiger partial charge in [-0.3, -0.25) is 4.79 Å². The van der Waals surface area contributed by atoms with E-state index in [2.05, 4.69) is 12.1 Å². The Morgan fingerprint density at radius 3 is 1.67 bits per heavy atom. The van der Waals surface area contributed by atoms with E-state index in [1.165, 1.54) is 0 Å². The zero-order chi connectivity index (χ0) is 16.8. The molecule has 24 heavy (non-hydrogen) atoms. The third-order valence-electron chi connectivity index (χ3n) is 4.35. The molecule has 1 N–H and O–H groups in total. The number of benzene rings is 3. The molecule has 120 valence electrons. The number of carboxylic acids is 1. The first-order chi connectivity index (χ1) is 11.8. The van der Waals surface area contributed by atoms with Gasteiger partial charge in [-0.05, 0) is 23.1 Å². The number of carbonyl (C=O) groups is 1. The van der Waals surface area contributed by atoms with E-state index < -0.39 is 11.9 Å². The summed E-state index contributed by atoms with van der Waals surface area (Å²) in [6.45, 7) is 0. The fourth-order valence-electron chi connectivity index (χ4n) is 3.20. The van der Waals surface area contributed by atoms with Crippen LogP contribution in [0.4, 0.5) is 0 Å². The molecule has 3 aromatic rings. The van der Waals surface area contributed by atoms with Crippen LogP contribution in [0.3, 0.4) is 0 Å². The van der Waals surface area contributed by atoms with E-state index >= 15 is 0 Å². The van der Waals surface area contributed by atoms with Gasteiger partial charge in [0.1, 0.15) is 0 Å². The van der Waals surface area contributed by atoms with Crippen molar-refractivity contribution in [2.45, 2.75) is 18.3 Å². The topological polar surface area (TPSA) is 37.3 Å². The lowest BCUT2D eigenvalue weighted by Gasteiger charge is -2.25. The van der Waals surface area contributed by atoms with Crippen molar-refractivity contribution in [1.29, 1.82) is 0 Å². The molecule has 0 unspecified atom stereocenters. The molecule has 0 aromatic heterocycles. The van der Waals surface area contributed by atoms with E-state index in [1.54, 1.807) is 0 Å². The highest BCUT2D eigenvalue weighted by Crippen LogP contribution is 2.36. The second-order valence-electron chi connectivity index (χ2n) is 5.93. The van der Waals surface area contributed by atoms with Crippen molar-refractivity contribution in [1.82, 2.24) is 0 Å². The summed E-state index contributed by atoms with van der Waals surface area (Å²) in [6.07, 6.45) is 0.691. The van der Waals surface area contributed by atoms with Crippen molar-refractivity contribution >= 4 is 5.97 Å². The summed E-state index contributed by atoms with van der Waals surface area (Å²) in [5, 5.41) is 9.94. The third kappa shape index (κ3) is 3.72. The van der Waals surface area contributed by atoms with Crippen LogP contribution < -0.4 is 0 Å². The molecule has 0 aliphatic rings. The first-order valence-electron chi connectivity index (χ1n) is 8.12. The third-order valence-corrected chi connectivity index (χ3v) is 4.35. The maximum atomic E-state index is 12.1. The Bertz CT molecular complexity index is 767. The van der Waals surface area contributed by atoms with Crippen molar-refractivity contribution in [3.8, 4) is 0 Å². The summed E-state index contributed by atoms with van der Waals surface area (Å²) in [6, 6.07) is 29.5. The highest BCUT2D eigenvalue weighted by molar-refractivity contribution is 5.77. The standard InChI is InChI=1S/C22H20O2/c23-22(24)21(19-14-8-3-9-15-19)20(18-12-6-2-7-13-18)16-17-10-4-1-5-11-17/h1-15,20-21H,16H2,(H,23,24)/t20-,21+/m1/s1. The van der Waals surface area contributed by atoms with Gasteiger partial charge in [-0.15, -0.1) is 0 Å². The van der Waals surface area contributed by atoms with Gasteiger partial charge in [-0.2, -0.15) is 0 Å². The minimum atomic E-state index is -0.786. The summed E-state index contributed by atoms with van der Waals surface area (Å²) in [5.74, 6) is -1.48. The molecular formula is C22H20O2. The SMILES string of the molecule is O=C(O)[C@@H](c1ccccc1)[C@H](Cc1ccccc1)c1ccccc1. The van der Waals surface area contributed by atoms with Crippen LogP contribution in [0.15, 0.2) is 91.0 Å². The largest absolute Gasteiger partial charge is 0.481 e. The van der Waals surface area contributed by atoms with Gasteiger partial charge < -0.3 is 5.11 Å². The van der Waals surface area contributed by atoms with Gasteiger partial charge in [-0.25, -0.2) is 0 Å². The van der Waals surface area contributed by atoms with Gasteiger partial charge in [0.15, 0.2) is 0 Å². The average molecular weight is 316 g/mol. The smallest absolute Gasteiger partial charge is 0.311 e. The molecule has 0 saturated heterocycles. The molecule has 2 nitrogen and oxygen atoms in total. The molecule has 0 aliphatic heterocycles. The molecular weight excluding hydrogens is 296 g/mol. The van der Waals surface area contributed by atoms with E-state index in [0.29, 0.717) is 6.42 Å². The molecule has 0 heterocycles. The number of carboxylic acid groups (broad SMARTS) is 1. The van der Waals surface area contributed by atoms with Crippen LogP contribution in [-0.2, 0) is 11.2 Å². The Morgan fingerprint density at radius 2 is 1.17 bits per heavy atom. The molecule has 0 amide bonds. The molecule has 3 rings (SSSR count). The van der Waals surface area contributed by atoms with Crippen LogP contribution in [0.2, 0.25) is 0 Å². The molecule has 2 heteroatoms. The van der Waals surface area contributed by atoms with Gasteiger partial charge in [0.05, 0.1) is 5.92 Å². The van der Waals surface area contributed by atoms with E-state index in [-0.39, 0.29) is 5.92 Å². The summed E-state index contributed by atoms with van der Waals surface area (Å²) in [5.41, 5.74) is 3.04. The number of hydrogen-bond acceptors (Lipinski definition) is 1. The van der Waals surface area contributed by atoms with Gasteiger partial charge in [0, 0.05) is 5.92 Å². The second kappa shape index (κ2) is 7.60. The fourth-order valence-corrected chi connectivity index (χ4v) is 3.20. The second-order valence-corrected chi connectivity index (χ2v) is 5.93. The van der Waals surface area contributed by atoms with Crippen LogP contribution in [-0.4, -0.2) is 11.1 Å². The van der Waals surface area contributed by atoms with E-state index in [0.717, 1.165) is 16.7 Å². The summed E-state index contributed by atoms with van der Waals surface area (Å²) < 4.78 is 0. The Kier molecular flexibility index (Phi) is 5.07. The highest BCUT2D eigenvalue weighted by Gasteiger charge is 2.31. The quantitative estimate of drug-likeness (QED) is 0.703. The Labute approximate surface area is 142 Å². The predicted octanol–water partition coefficient (Wildman–Crippen LogP) is 4.88. The molecule has 0 fully saturated rings. The molecule has 0 radical (unpaired) electrons. The van der Waals surface area contributed by atoms with Crippen LogP contribution >= 0.6 is 0 Å². The average Bonchev–Trinajstić information content (AvgIpc) is 2.63. The zero-order valence-electron chi connectivity index (χ0n) is 13.4.